The van der Waals surface area contributed by atoms with Crippen molar-refractivity contribution >= 4 is 11.7 Å². The molecule has 0 saturated heterocycles. The first-order chi connectivity index (χ1) is 11.1. The van der Waals surface area contributed by atoms with E-state index >= 15 is 0 Å². The zero-order valence-corrected chi connectivity index (χ0v) is 13.2. The molecule has 0 aliphatic heterocycles. The summed E-state index contributed by atoms with van der Waals surface area (Å²) in [5.74, 6) is 1.42. The Morgan fingerprint density at radius 3 is 2.04 bits per heavy atom. The molecule has 4 saturated carbocycles. The maximum Gasteiger partial charge on any atom is 0.228 e. The van der Waals surface area contributed by atoms with Gasteiger partial charge in [0, 0.05) is 5.56 Å². The first kappa shape index (κ1) is 14.9. The molecule has 1 atom stereocenters. The normalized spacial score (nSPS) is 35.8. The van der Waals surface area contributed by atoms with Crippen LogP contribution >= 0.6 is 0 Å². The summed E-state index contributed by atoms with van der Waals surface area (Å²) >= 11 is 0. The first-order valence-electron chi connectivity index (χ1n) is 8.64. The van der Waals surface area contributed by atoms with Crippen LogP contribution in [0.25, 0.3) is 0 Å². The lowest BCUT2D eigenvalue weighted by atomic mass is 9.49. The molecule has 0 radical (unpaired) electrons. The molecule has 1 aromatic carbocycles. The second kappa shape index (κ2) is 5.45. The number of Topliss-reactive ketones (excluding diaryl/α,β-unsaturated/α-hetero) is 1. The van der Waals surface area contributed by atoms with Crippen LogP contribution < -0.4 is 5.32 Å². The highest BCUT2D eigenvalue weighted by Crippen LogP contribution is 2.60. The van der Waals surface area contributed by atoms with Crippen molar-refractivity contribution in [1.29, 1.82) is 0 Å². The molecule has 4 bridgehead atoms. The summed E-state index contributed by atoms with van der Waals surface area (Å²) in [6, 6.07) is 8.63. The summed E-state index contributed by atoms with van der Waals surface area (Å²) in [4.78, 5) is 25.1. The third kappa shape index (κ3) is 2.59. The van der Waals surface area contributed by atoms with E-state index in [1.807, 2.05) is 6.07 Å². The Hall–Kier alpha value is -1.68. The van der Waals surface area contributed by atoms with Crippen molar-refractivity contribution in [3.63, 3.8) is 0 Å². The van der Waals surface area contributed by atoms with Crippen LogP contribution in [0.3, 0.4) is 0 Å². The van der Waals surface area contributed by atoms with Crippen molar-refractivity contribution < 1.29 is 14.7 Å². The molecule has 4 heteroatoms. The molecule has 0 aromatic heterocycles. The third-order valence-electron chi connectivity index (χ3n) is 6.09. The summed E-state index contributed by atoms with van der Waals surface area (Å²) in [5.41, 5.74) is 0.0815. The standard InChI is InChI=1S/C19H23NO3/c21-16(15-4-2-1-3-5-15)17(22)20-18(23)19-9-12-6-13(10-19)8-14(7-12)11-19/h1-5,12-14,17,22H,6-11H2,(H,20,23). The van der Waals surface area contributed by atoms with Gasteiger partial charge in [0.25, 0.3) is 0 Å². The molecule has 0 heterocycles. The van der Waals surface area contributed by atoms with Crippen LogP contribution in [0.5, 0.6) is 0 Å². The van der Waals surface area contributed by atoms with Crippen molar-refractivity contribution in [2.24, 2.45) is 23.2 Å². The highest BCUT2D eigenvalue weighted by Gasteiger charge is 2.54. The van der Waals surface area contributed by atoms with Gasteiger partial charge < -0.3 is 10.4 Å². The fourth-order valence-electron chi connectivity index (χ4n) is 5.49. The Kier molecular flexibility index (Phi) is 3.52. The lowest BCUT2D eigenvalue weighted by Gasteiger charge is -2.55. The zero-order valence-electron chi connectivity index (χ0n) is 13.2. The molecule has 1 aromatic rings. The van der Waals surface area contributed by atoms with Gasteiger partial charge in [0.15, 0.2) is 6.23 Å². The topological polar surface area (TPSA) is 66.4 Å². The van der Waals surface area contributed by atoms with Crippen molar-refractivity contribution in [3.8, 4) is 0 Å². The fourth-order valence-corrected chi connectivity index (χ4v) is 5.49. The molecule has 4 aliphatic carbocycles. The van der Waals surface area contributed by atoms with E-state index < -0.39 is 12.0 Å². The predicted octanol–water partition coefficient (Wildman–Crippen LogP) is 2.52. The van der Waals surface area contributed by atoms with Crippen LogP contribution in [-0.2, 0) is 4.79 Å². The van der Waals surface area contributed by atoms with Crippen LogP contribution in [0.2, 0.25) is 0 Å². The molecule has 0 spiro atoms. The average molecular weight is 313 g/mol. The van der Waals surface area contributed by atoms with E-state index in [0.717, 1.165) is 19.3 Å². The molecule has 1 unspecified atom stereocenters. The molecular weight excluding hydrogens is 290 g/mol. The summed E-state index contributed by atoms with van der Waals surface area (Å²) in [6.45, 7) is 0. The number of aliphatic hydroxyl groups is 1. The van der Waals surface area contributed by atoms with Crippen LogP contribution in [0.15, 0.2) is 30.3 Å². The van der Waals surface area contributed by atoms with Crippen LogP contribution in [0, 0.1) is 23.2 Å². The number of hydrogen-bond acceptors (Lipinski definition) is 3. The molecule has 5 rings (SSSR count). The monoisotopic (exact) mass is 313 g/mol. The number of benzene rings is 1. The van der Waals surface area contributed by atoms with E-state index in [2.05, 4.69) is 5.32 Å². The van der Waals surface area contributed by atoms with E-state index in [9.17, 15) is 14.7 Å². The number of aliphatic hydroxyl groups excluding tert-OH is 1. The van der Waals surface area contributed by atoms with Crippen molar-refractivity contribution in [2.75, 3.05) is 0 Å². The third-order valence-corrected chi connectivity index (χ3v) is 6.09. The van der Waals surface area contributed by atoms with Gasteiger partial charge in [-0.05, 0) is 56.3 Å². The summed E-state index contributed by atoms with van der Waals surface area (Å²) < 4.78 is 0. The second-order valence-corrected chi connectivity index (χ2v) is 7.80. The minimum Gasteiger partial charge on any atom is -0.367 e. The Morgan fingerprint density at radius 2 is 1.52 bits per heavy atom. The maximum atomic E-state index is 12.8. The van der Waals surface area contributed by atoms with Crippen LogP contribution in [0.1, 0.15) is 48.9 Å². The second-order valence-electron chi connectivity index (χ2n) is 7.80. The molecule has 4 fully saturated rings. The number of rotatable bonds is 4. The summed E-state index contributed by atoms with van der Waals surface area (Å²) in [5, 5.41) is 12.8. The van der Waals surface area contributed by atoms with E-state index in [-0.39, 0.29) is 11.3 Å². The predicted molar refractivity (Wildman–Crippen MR) is 85.5 cm³/mol. The van der Waals surface area contributed by atoms with Gasteiger partial charge in [-0.15, -0.1) is 0 Å². The molecule has 122 valence electrons. The molecular formula is C19H23NO3. The van der Waals surface area contributed by atoms with Gasteiger partial charge in [-0.3, -0.25) is 9.59 Å². The molecule has 2 N–H and O–H groups in total. The van der Waals surface area contributed by atoms with Gasteiger partial charge in [0.2, 0.25) is 11.7 Å². The van der Waals surface area contributed by atoms with Gasteiger partial charge in [0.05, 0.1) is 5.41 Å². The fraction of sp³-hybridized carbons (Fsp3) is 0.579. The number of carbonyl (C=O) groups is 2. The maximum absolute atomic E-state index is 12.8. The minimum absolute atomic E-state index is 0.117. The average Bonchev–Trinajstić information content (AvgIpc) is 2.53. The number of nitrogens with one attached hydrogen (secondary N) is 1. The van der Waals surface area contributed by atoms with E-state index in [4.69, 9.17) is 0 Å². The first-order valence-corrected chi connectivity index (χ1v) is 8.64. The van der Waals surface area contributed by atoms with Crippen LogP contribution in [0.4, 0.5) is 0 Å². The highest BCUT2D eigenvalue weighted by atomic mass is 16.3. The number of ketones is 1. The largest absolute Gasteiger partial charge is 0.367 e. The van der Waals surface area contributed by atoms with Gasteiger partial charge in [0.1, 0.15) is 0 Å². The van der Waals surface area contributed by atoms with E-state index in [0.29, 0.717) is 23.3 Å². The highest BCUT2D eigenvalue weighted by molar-refractivity contribution is 6.01. The van der Waals surface area contributed by atoms with E-state index in [1.54, 1.807) is 24.3 Å². The SMILES string of the molecule is O=C(c1ccccc1)C(O)NC(=O)C12CC3CC(CC(C3)C1)C2. The summed E-state index contributed by atoms with van der Waals surface area (Å²) in [6.07, 6.45) is 5.12. The van der Waals surface area contributed by atoms with Gasteiger partial charge in [-0.2, -0.15) is 0 Å². The van der Waals surface area contributed by atoms with Gasteiger partial charge in [-0.1, -0.05) is 30.3 Å². The molecule has 23 heavy (non-hydrogen) atoms. The minimum atomic E-state index is -1.45. The van der Waals surface area contributed by atoms with Crippen molar-refractivity contribution in [2.45, 2.75) is 44.8 Å². The van der Waals surface area contributed by atoms with Gasteiger partial charge >= 0.3 is 0 Å². The number of amides is 1. The zero-order chi connectivity index (χ0) is 16.0. The van der Waals surface area contributed by atoms with Gasteiger partial charge in [-0.25, -0.2) is 0 Å². The molecule has 4 aliphatic rings. The van der Waals surface area contributed by atoms with Crippen molar-refractivity contribution in [1.82, 2.24) is 5.32 Å². The Balaban J connectivity index is 1.47. The summed E-state index contributed by atoms with van der Waals surface area (Å²) in [7, 11) is 0. The van der Waals surface area contributed by atoms with Crippen LogP contribution in [-0.4, -0.2) is 23.0 Å². The lowest BCUT2D eigenvalue weighted by Crippen LogP contribution is -2.56. The Labute approximate surface area is 136 Å². The quantitative estimate of drug-likeness (QED) is 0.663. The Morgan fingerprint density at radius 1 is 1.00 bits per heavy atom. The molecule has 4 nitrogen and oxygen atoms in total. The van der Waals surface area contributed by atoms with Crippen molar-refractivity contribution in [3.05, 3.63) is 35.9 Å². The number of hydrogen-bond donors (Lipinski definition) is 2. The Bertz CT molecular complexity index is 589. The molecule has 1 amide bonds. The van der Waals surface area contributed by atoms with E-state index in [1.165, 1.54) is 19.3 Å². The number of carbonyl (C=O) groups excluding carboxylic acids is 2. The lowest BCUT2D eigenvalue weighted by molar-refractivity contribution is -0.148. The smallest absolute Gasteiger partial charge is 0.228 e.